The Morgan fingerprint density at radius 3 is 2.50 bits per heavy atom. The lowest BCUT2D eigenvalue weighted by Gasteiger charge is -2.22. The predicted molar refractivity (Wildman–Crippen MR) is 142 cm³/mol. The lowest BCUT2D eigenvalue weighted by atomic mass is 9.94. The summed E-state index contributed by atoms with van der Waals surface area (Å²) in [6, 6.07) is 11.0. The number of halogens is 4. The monoisotopic (exact) mass is 564 g/mol. The van der Waals surface area contributed by atoms with E-state index in [0.717, 1.165) is 24.3 Å². The number of carbonyl (C=O) groups excluding carboxylic acids is 2. The first kappa shape index (κ1) is 26.8. The van der Waals surface area contributed by atoms with E-state index in [1.54, 1.807) is 22.8 Å². The van der Waals surface area contributed by atoms with E-state index in [1.807, 2.05) is 0 Å². The summed E-state index contributed by atoms with van der Waals surface area (Å²) in [7, 11) is 0. The van der Waals surface area contributed by atoms with Gasteiger partial charge in [-0.1, -0.05) is 23.7 Å². The van der Waals surface area contributed by atoms with Crippen molar-refractivity contribution in [1.29, 1.82) is 0 Å². The van der Waals surface area contributed by atoms with Crippen molar-refractivity contribution in [3.8, 4) is 11.1 Å². The molecule has 3 heterocycles. The first-order chi connectivity index (χ1) is 19.2. The first-order valence-corrected chi connectivity index (χ1v) is 12.3. The van der Waals surface area contributed by atoms with Crippen molar-refractivity contribution in [2.75, 3.05) is 0 Å². The van der Waals surface area contributed by atoms with Gasteiger partial charge in [-0.05, 0) is 53.9 Å². The highest BCUT2D eigenvalue weighted by molar-refractivity contribution is 6.33. The number of carbonyl (C=O) groups is 2. The molecule has 202 valence electrons. The Kier molecular flexibility index (Phi) is 7.47. The van der Waals surface area contributed by atoms with Gasteiger partial charge < -0.3 is 15.6 Å². The van der Waals surface area contributed by atoms with Crippen molar-refractivity contribution in [1.82, 2.24) is 24.8 Å². The van der Waals surface area contributed by atoms with Crippen molar-refractivity contribution >= 4 is 34.4 Å². The molecule has 8 nitrogen and oxygen atoms in total. The van der Waals surface area contributed by atoms with Crippen LogP contribution in [0, 0.1) is 17.5 Å². The molecule has 0 bridgehead atoms. The van der Waals surface area contributed by atoms with E-state index in [1.165, 1.54) is 30.9 Å². The van der Waals surface area contributed by atoms with Gasteiger partial charge in [0.15, 0.2) is 5.15 Å². The van der Waals surface area contributed by atoms with Crippen LogP contribution in [0.3, 0.4) is 0 Å². The van der Waals surface area contributed by atoms with E-state index in [4.69, 9.17) is 17.3 Å². The Labute approximate surface area is 230 Å². The number of amides is 2. The molecule has 0 aliphatic carbocycles. The number of nitrogens with one attached hydrogen (secondary N) is 1. The highest BCUT2D eigenvalue weighted by atomic mass is 35.5. The molecular weight excluding hydrogens is 545 g/mol. The fraction of sp³-hybridized carbons (Fsp3) is 0.107. The van der Waals surface area contributed by atoms with Crippen LogP contribution in [0.2, 0.25) is 5.15 Å². The molecule has 0 unspecified atom stereocenters. The minimum atomic E-state index is -0.951. The number of rotatable bonds is 8. The zero-order valence-electron chi connectivity index (χ0n) is 20.6. The average Bonchev–Trinajstić information content (AvgIpc) is 3.31. The molecule has 0 aliphatic rings. The average molecular weight is 565 g/mol. The number of hydrogen-bond acceptors (Lipinski definition) is 5. The third-order valence-electron chi connectivity index (χ3n) is 6.22. The number of fused-ring (bicyclic) bond motifs is 1. The van der Waals surface area contributed by atoms with Crippen LogP contribution in [0.25, 0.3) is 22.2 Å². The van der Waals surface area contributed by atoms with Crippen LogP contribution >= 0.6 is 11.6 Å². The van der Waals surface area contributed by atoms with Crippen LogP contribution in [0.1, 0.15) is 27.7 Å². The van der Waals surface area contributed by atoms with Crippen molar-refractivity contribution in [3.63, 3.8) is 0 Å². The zero-order chi connectivity index (χ0) is 28.4. The Balaban J connectivity index is 1.53. The molecule has 5 rings (SSSR count). The molecule has 1 atom stereocenters. The molecule has 3 aromatic heterocycles. The lowest BCUT2D eigenvalue weighted by molar-refractivity contribution is -0.122. The van der Waals surface area contributed by atoms with E-state index < -0.39 is 35.3 Å². The van der Waals surface area contributed by atoms with Crippen LogP contribution in [-0.4, -0.2) is 31.3 Å². The summed E-state index contributed by atoms with van der Waals surface area (Å²) in [5.41, 5.74) is 7.48. The van der Waals surface area contributed by atoms with Crippen LogP contribution < -0.4 is 11.1 Å². The van der Waals surface area contributed by atoms with Gasteiger partial charge in [-0.15, -0.1) is 0 Å². The number of primary amides is 1. The SMILES string of the molecule is NC(=O)c1cc(-c2cccnc2[C@H](Cc2cc(F)cc(F)c2)NC(=O)Cn2cnc3c(Cl)nccc32)ccc1F. The second kappa shape index (κ2) is 11.1. The summed E-state index contributed by atoms with van der Waals surface area (Å²) in [4.78, 5) is 37.7. The maximum atomic E-state index is 14.2. The highest BCUT2D eigenvalue weighted by Crippen LogP contribution is 2.30. The number of benzene rings is 2. The molecule has 12 heteroatoms. The smallest absolute Gasteiger partial charge is 0.251 e. The molecular formula is C28H20ClF3N6O2. The van der Waals surface area contributed by atoms with Gasteiger partial charge in [-0.3, -0.25) is 14.6 Å². The van der Waals surface area contributed by atoms with Gasteiger partial charge >= 0.3 is 0 Å². The summed E-state index contributed by atoms with van der Waals surface area (Å²) in [5, 5.41) is 3.08. The third-order valence-corrected chi connectivity index (χ3v) is 6.49. The molecule has 0 fully saturated rings. The number of hydrogen-bond donors (Lipinski definition) is 2. The molecule has 0 spiro atoms. The second-order valence-electron chi connectivity index (χ2n) is 8.94. The van der Waals surface area contributed by atoms with Gasteiger partial charge in [0, 0.05) is 24.0 Å². The molecule has 0 radical (unpaired) electrons. The quantitative estimate of drug-likeness (QED) is 0.264. The van der Waals surface area contributed by atoms with Crippen LogP contribution in [0.4, 0.5) is 13.2 Å². The molecule has 0 aliphatic heterocycles. The maximum absolute atomic E-state index is 14.2. The van der Waals surface area contributed by atoms with E-state index in [0.29, 0.717) is 27.9 Å². The number of nitrogens with two attached hydrogens (primary N) is 1. The zero-order valence-corrected chi connectivity index (χ0v) is 21.4. The van der Waals surface area contributed by atoms with Crippen molar-refractivity contribution in [2.24, 2.45) is 5.73 Å². The van der Waals surface area contributed by atoms with Crippen molar-refractivity contribution in [2.45, 2.75) is 19.0 Å². The molecule has 40 heavy (non-hydrogen) atoms. The van der Waals surface area contributed by atoms with E-state index in [2.05, 4.69) is 20.3 Å². The fourth-order valence-electron chi connectivity index (χ4n) is 4.48. The number of nitrogens with zero attached hydrogens (tertiary/aromatic N) is 4. The Bertz CT molecular complexity index is 1740. The third kappa shape index (κ3) is 5.64. The van der Waals surface area contributed by atoms with Crippen LogP contribution in [-0.2, 0) is 17.8 Å². The van der Waals surface area contributed by atoms with Gasteiger partial charge in [0.1, 0.15) is 29.5 Å². The van der Waals surface area contributed by atoms with Crippen molar-refractivity contribution < 1.29 is 22.8 Å². The summed E-state index contributed by atoms with van der Waals surface area (Å²) < 4.78 is 43.8. The first-order valence-electron chi connectivity index (χ1n) is 11.9. The summed E-state index contributed by atoms with van der Waals surface area (Å²) in [6.45, 7) is -0.157. The van der Waals surface area contributed by atoms with E-state index >= 15 is 0 Å². The molecule has 0 saturated carbocycles. The van der Waals surface area contributed by atoms with Gasteiger partial charge in [0.05, 0.1) is 29.1 Å². The molecule has 5 aromatic rings. The minimum Gasteiger partial charge on any atom is -0.366 e. The molecule has 3 N–H and O–H groups in total. The Morgan fingerprint density at radius 2 is 1.75 bits per heavy atom. The topological polar surface area (TPSA) is 116 Å². The fourth-order valence-corrected chi connectivity index (χ4v) is 4.68. The van der Waals surface area contributed by atoms with Crippen molar-refractivity contribution in [3.05, 3.63) is 113 Å². The molecule has 2 aromatic carbocycles. The number of imidazole rings is 1. The van der Waals surface area contributed by atoms with Gasteiger partial charge in [-0.25, -0.2) is 23.1 Å². The second-order valence-corrected chi connectivity index (χ2v) is 9.30. The maximum Gasteiger partial charge on any atom is 0.251 e. The standard InChI is InChI=1S/C28H20ClF3N6O2/c29-27-26-23(5-7-35-27)38(14-36-26)13-24(39)37-22(10-15-8-17(30)12-18(31)9-15)25-19(2-1-6-34-25)16-3-4-21(32)20(11-16)28(33)40/h1-9,11-12,14,22H,10,13H2,(H2,33,40)(H,37,39)/t22-/m0/s1. The van der Waals surface area contributed by atoms with Gasteiger partial charge in [0.2, 0.25) is 5.91 Å². The normalized spacial score (nSPS) is 11.9. The largest absolute Gasteiger partial charge is 0.366 e. The van der Waals surface area contributed by atoms with Gasteiger partial charge in [-0.2, -0.15) is 0 Å². The number of aromatic nitrogens is 4. The summed E-state index contributed by atoms with van der Waals surface area (Å²) in [6.07, 6.45) is 4.39. The van der Waals surface area contributed by atoms with Crippen LogP contribution in [0.15, 0.2) is 73.3 Å². The number of pyridine rings is 2. The predicted octanol–water partition coefficient (Wildman–Crippen LogP) is 4.76. The molecule has 2 amide bonds. The summed E-state index contributed by atoms with van der Waals surface area (Å²) >= 11 is 6.09. The Morgan fingerprint density at radius 1 is 0.975 bits per heavy atom. The Hall–Kier alpha value is -4.77. The minimum absolute atomic E-state index is 0.0330. The van der Waals surface area contributed by atoms with E-state index in [9.17, 15) is 22.8 Å². The lowest BCUT2D eigenvalue weighted by Crippen LogP contribution is -2.33. The molecule has 0 saturated heterocycles. The van der Waals surface area contributed by atoms with Gasteiger partial charge in [0.25, 0.3) is 5.91 Å². The van der Waals surface area contributed by atoms with Crippen LogP contribution in [0.5, 0.6) is 0 Å². The summed E-state index contributed by atoms with van der Waals surface area (Å²) in [5.74, 6) is -3.75. The van der Waals surface area contributed by atoms with E-state index in [-0.39, 0.29) is 29.2 Å². The highest BCUT2D eigenvalue weighted by Gasteiger charge is 2.23.